The Bertz CT molecular complexity index is 655. The largest absolute Gasteiger partial charge is 0.487 e. The van der Waals surface area contributed by atoms with Gasteiger partial charge < -0.3 is 14.4 Å². The van der Waals surface area contributed by atoms with Crippen LogP contribution >= 0.6 is 0 Å². The third kappa shape index (κ3) is 4.30. The van der Waals surface area contributed by atoms with Crippen LogP contribution in [0.4, 0.5) is 13.6 Å². The first kappa shape index (κ1) is 19.0. The standard InChI is InChI=1S/C19H26BF2NO3/c1-19(2,3)26-18(24)23-8-12-4-11(5-13(12)9-23)10-25-17-15(21)6-14(20)7-16(17)22/h6-7,11-13H,4-5,8-10,20H2,1-3H3/t11-,12-,13+. The number of benzene rings is 1. The minimum absolute atomic E-state index is 0.255. The average Bonchev–Trinajstić information content (AvgIpc) is 3.02. The number of nitrogens with zero attached hydrogens (tertiary/aromatic N) is 1. The van der Waals surface area contributed by atoms with Crippen LogP contribution in [0.2, 0.25) is 0 Å². The van der Waals surface area contributed by atoms with E-state index in [1.165, 1.54) is 12.1 Å². The first-order chi connectivity index (χ1) is 12.1. The Morgan fingerprint density at radius 2 is 1.73 bits per heavy atom. The van der Waals surface area contributed by atoms with E-state index in [0.717, 1.165) is 12.8 Å². The van der Waals surface area contributed by atoms with Crippen LogP contribution in [0.5, 0.6) is 5.75 Å². The molecule has 1 saturated carbocycles. The van der Waals surface area contributed by atoms with Gasteiger partial charge in [-0.3, -0.25) is 0 Å². The second-order valence-electron chi connectivity index (χ2n) is 8.61. The van der Waals surface area contributed by atoms with Crippen LogP contribution in [0.3, 0.4) is 0 Å². The summed E-state index contributed by atoms with van der Waals surface area (Å²) in [6.07, 6.45) is 1.54. The van der Waals surface area contributed by atoms with Crippen molar-refractivity contribution in [2.75, 3.05) is 19.7 Å². The van der Waals surface area contributed by atoms with Gasteiger partial charge in [0.15, 0.2) is 17.4 Å². The number of amides is 1. The predicted octanol–water partition coefficient (Wildman–Crippen LogP) is 2.50. The fourth-order valence-corrected chi connectivity index (χ4v) is 4.06. The van der Waals surface area contributed by atoms with Crippen LogP contribution in [0.25, 0.3) is 0 Å². The summed E-state index contributed by atoms with van der Waals surface area (Å²) in [6, 6.07) is 2.56. The van der Waals surface area contributed by atoms with Crippen molar-refractivity contribution in [1.82, 2.24) is 4.90 Å². The van der Waals surface area contributed by atoms with E-state index in [-0.39, 0.29) is 17.8 Å². The van der Waals surface area contributed by atoms with E-state index in [4.69, 9.17) is 9.47 Å². The van der Waals surface area contributed by atoms with Crippen molar-refractivity contribution in [1.29, 1.82) is 0 Å². The average molecular weight is 365 g/mol. The predicted molar refractivity (Wildman–Crippen MR) is 97.5 cm³/mol. The molecule has 4 nitrogen and oxygen atoms in total. The molecule has 142 valence electrons. The maximum Gasteiger partial charge on any atom is 0.410 e. The highest BCUT2D eigenvalue weighted by molar-refractivity contribution is 6.32. The highest BCUT2D eigenvalue weighted by atomic mass is 19.1. The summed E-state index contributed by atoms with van der Waals surface area (Å²) in [5, 5.41) is 0. The van der Waals surface area contributed by atoms with E-state index in [0.29, 0.717) is 37.0 Å². The monoisotopic (exact) mass is 365 g/mol. The van der Waals surface area contributed by atoms with Gasteiger partial charge in [0.2, 0.25) is 0 Å². The van der Waals surface area contributed by atoms with E-state index < -0.39 is 17.2 Å². The van der Waals surface area contributed by atoms with Crippen LogP contribution in [0.15, 0.2) is 12.1 Å². The Labute approximate surface area is 154 Å². The van der Waals surface area contributed by atoms with Crippen molar-refractivity contribution < 1.29 is 23.0 Å². The first-order valence-electron chi connectivity index (χ1n) is 9.18. The van der Waals surface area contributed by atoms with Gasteiger partial charge in [-0.2, -0.15) is 0 Å². The second kappa shape index (κ2) is 7.08. The molecule has 0 unspecified atom stereocenters. The van der Waals surface area contributed by atoms with Crippen LogP contribution in [0, 0.1) is 29.4 Å². The molecule has 1 aliphatic heterocycles. The fraction of sp³-hybridized carbons (Fsp3) is 0.632. The molecule has 1 aromatic carbocycles. The fourth-order valence-electron chi connectivity index (χ4n) is 4.06. The number of rotatable bonds is 3. The summed E-state index contributed by atoms with van der Waals surface area (Å²) < 4.78 is 38.6. The maximum absolute atomic E-state index is 13.9. The molecular formula is C19H26BF2NO3. The zero-order valence-corrected chi connectivity index (χ0v) is 15.9. The van der Waals surface area contributed by atoms with Crippen molar-refractivity contribution in [3.05, 3.63) is 23.8 Å². The molecule has 7 heteroatoms. The van der Waals surface area contributed by atoms with Gasteiger partial charge in [0.1, 0.15) is 13.4 Å². The summed E-state index contributed by atoms with van der Waals surface area (Å²) >= 11 is 0. The molecule has 2 fully saturated rings. The summed E-state index contributed by atoms with van der Waals surface area (Å²) in [6.45, 7) is 7.25. The van der Waals surface area contributed by atoms with E-state index in [1.54, 1.807) is 12.7 Å². The summed E-state index contributed by atoms with van der Waals surface area (Å²) in [5.41, 5.74) is 0.0397. The zero-order chi connectivity index (χ0) is 19.1. The van der Waals surface area contributed by atoms with Gasteiger partial charge in [-0.15, -0.1) is 0 Å². The van der Waals surface area contributed by atoms with Crippen LogP contribution in [0.1, 0.15) is 33.6 Å². The van der Waals surface area contributed by atoms with Gasteiger partial charge in [0.25, 0.3) is 0 Å². The number of fused-ring (bicyclic) bond motifs is 1. The lowest BCUT2D eigenvalue weighted by Gasteiger charge is -2.25. The van der Waals surface area contributed by atoms with Crippen LogP contribution in [-0.2, 0) is 4.74 Å². The zero-order valence-electron chi connectivity index (χ0n) is 15.9. The Hall–Kier alpha value is -1.79. The molecule has 1 heterocycles. The lowest BCUT2D eigenvalue weighted by Crippen LogP contribution is -2.36. The van der Waals surface area contributed by atoms with E-state index in [2.05, 4.69) is 0 Å². The maximum atomic E-state index is 13.9. The number of carbonyl (C=O) groups excluding carboxylic acids is 1. The molecule has 1 aromatic rings. The lowest BCUT2D eigenvalue weighted by molar-refractivity contribution is 0.0276. The van der Waals surface area contributed by atoms with Crippen molar-refractivity contribution in [3.63, 3.8) is 0 Å². The quantitative estimate of drug-likeness (QED) is 0.773. The number of hydrogen-bond donors (Lipinski definition) is 0. The van der Waals surface area contributed by atoms with Gasteiger partial charge in [-0.1, -0.05) is 5.46 Å². The highest BCUT2D eigenvalue weighted by Crippen LogP contribution is 2.42. The van der Waals surface area contributed by atoms with Gasteiger partial charge in [-0.25, -0.2) is 13.6 Å². The van der Waals surface area contributed by atoms with Gasteiger partial charge in [0.05, 0.1) is 6.61 Å². The molecule has 1 amide bonds. The van der Waals surface area contributed by atoms with E-state index in [9.17, 15) is 13.6 Å². The molecule has 0 radical (unpaired) electrons. The number of halogens is 2. The van der Waals surface area contributed by atoms with E-state index >= 15 is 0 Å². The SMILES string of the molecule is Bc1cc(F)c(OC[C@@H]2C[C@@H]3CN(C(=O)OC(C)(C)C)C[C@@H]3C2)c(F)c1. The molecule has 3 rings (SSSR count). The van der Waals surface area contributed by atoms with Crippen LogP contribution < -0.4 is 10.2 Å². The van der Waals surface area contributed by atoms with Crippen molar-refractivity contribution in [3.8, 4) is 5.75 Å². The smallest absolute Gasteiger partial charge is 0.410 e. The molecule has 1 saturated heterocycles. The minimum atomic E-state index is -0.656. The number of carbonyl (C=O) groups is 1. The summed E-state index contributed by atoms with van der Waals surface area (Å²) in [7, 11) is 1.64. The molecule has 2 aliphatic rings. The number of hydrogen-bond acceptors (Lipinski definition) is 3. The van der Waals surface area contributed by atoms with Gasteiger partial charge in [0, 0.05) is 13.1 Å². The Morgan fingerprint density at radius 3 is 2.23 bits per heavy atom. The summed E-state index contributed by atoms with van der Waals surface area (Å²) in [5.74, 6) is -0.532. The van der Waals surface area contributed by atoms with Gasteiger partial charge >= 0.3 is 6.09 Å². The van der Waals surface area contributed by atoms with Crippen molar-refractivity contribution in [2.45, 2.75) is 39.2 Å². The number of ether oxygens (including phenoxy) is 2. The summed E-state index contributed by atoms with van der Waals surface area (Å²) in [4.78, 5) is 14.0. The Kier molecular flexibility index (Phi) is 5.17. The Balaban J connectivity index is 1.51. The molecular weight excluding hydrogens is 339 g/mol. The van der Waals surface area contributed by atoms with Crippen LogP contribution in [-0.4, -0.2) is 44.1 Å². The highest BCUT2D eigenvalue weighted by Gasteiger charge is 2.43. The first-order valence-corrected chi connectivity index (χ1v) is 9.18. The molecule has 1 aliphatic carbocycles. The topological polar surface area (TPSA) is 38.8 Å². The third-order valence-corrected chi connectivity index (χ3v) is 5.11. The molecule has 0 N–H and O–H groups in total. The van der Waals surface area contributed by atoms with Crippen molar-refractivity contribution >= 4 is 19.4 Å². The minimum Gasteiger partial charge on any atom is -0.487 e. The van der Waals surface area contributed by atoms with Gasteiger partial charge in [-0.05, 0) is 63.5 Å². The molecule has 0 bridgehead atoms. The van der Waals surface area contributed by atoms with Crippen molar-refractivity contribution in [2.24, 2.45) is 17.8 Å². The normalized spacial score (nSPS) is 25.3. The Morgan fingerprint density at radius 1 is 1.19 bits per heavy atom. The van der Waals surface area contributed by atoms with E-state index in [1.807, 2.05) is 20.8 Å². The third-order valence-electron chi connectivity index (χ3n) is 5.11. The second-order valence-corrected chi connectivity index (χ2v) is 8.61. The molecule has 0 spiro atoms. The lowest BCUT2D eigenvalue weighted by atomic mass is 9.96. The molecule has 3 atom stereocenters. The molecule has 0 aromatic heterocycles. The number of likely N-dealkylation sites (tertiary alicyclic amines) is 1. The molecule has 26 heavy (non-hydrogen) atoms.